The van der Waals surface area contributed by atoms with Crippen LogP contribution in [0, 0.1) is 5.92 Å². The normalized spacial score (nSPS) is 9.55. The molecule has 0 aliphatic carbocycles. The molecule has 0 unspecified atom stereocenters. The van der Waals surface area contributed by atoms with Crippen molar-refractivity contribution < 1.29 is 24.6 Å². The lowest BCUT2D eigenvalue weighted by atomic mass is 10.1. The number of carboxylic acid groups (broad SMARTS) is 2. The second-order valence-electron chi connectivity index (χ2n) is 1.97. The van der Waals surface area contributed by atoms with Crippen LogP contribution in [0.3, 0.4) is 0 Å². The van der Waals surface area contributed by atoms with Crippen molar-refractivity contribution in [1.82, 2.24) is 0 Å². The predicted molar refractivity (Wildman–Crippen MR) is 34.1 cm³/mol. The van der Waals surface area contributed by atoms with E-state index in [-0.39, 0.29) is 12.8 Å². The largest absolute Gasteiger partial charge is 0.481 e. The van der Waals surface area contributed by atoms with Crippen molar-refractivity contribution in [2.45, 2.75) is 12.8 Å². The van der Waals surface area contributed by atoms with Crippen molar-refractivity contribution >= 4 is 18.2 Å². The first-order chi connectivity index (χ1) is 5.09. The van der Waals surface area contributed by atoms with Crippen molar-refractivity contribution in [3.63, 3.8) is 0 Å². The highest BCUT2D eigenvalue weighted by atomic mass is 16.4. The standard InChI is InChI=1S/C6H8O5/c7-3-1-2-4(5(8)9)6(10)11/h3-4H,1-2H2,(H,8,9)(H,10,11). The fourth-order valence-electron chi connectivity index (χ4n) is 0.587. The third kappa shape index (κ3) is 3.34. The molecule has 0 spiro atoms. The average molecular weight is 160 g/mol. The summed E-state index contributed by atoms with van der Waals surface area (Å²) >= 11 is 0. The summed E-state index contributed by atoms with van der Waals surface area (Å²) in [6.45, 7) is 0. The van der Waals surface area contributed by atoms with E-state index in [0.29, 0.717) is 6.29 Å². The number of aliphatic carboxylic acids is 2. The Bertz CT molecular complexity index is 160. The van der Waals surface area contributed by atoms with Crippen LogP contribution < -0.4 is 0 Å². The molecule has 5 heteroatoms. The first-order valence-electron chi connectivity index (χ1n) is 2.99. The first kappa shape index (κ1) is 9.61. The van der Waals surface area contributed by atoms with Gasteiger partial charge >= 0.3 is 11.9 Å². The molecule has 62 valence electrons. The molecule has 0 heterocycles. The van der Waals surface area contributed by atoms with E-state index in [9.17, 15) is 14.4 Å². The van der Waals surface area contributed by atoms with Gasteiger partial charge in [-0.05, 0) is 6.42 Å². The van der Waals surface area contributed by atoms with Gasteiger partial charge in [0.2, 0.25) is 0 Å². The summed E-state index contributed by atoms with van der Waals surface area (Å²) in [5.41, 5.74) is 0. The van der Waals surface area contributed by atoms with Gasteiger partial charge < -0.3 is 15.0 Å². The summed E-state index contributed by atoms with van der Waals surface area (Å²) in [4.78, 5) is 30.1. The summed E-state index contributed by atoms with van der Waals surface area (Å²) in [5.74, 6) is -4.26. The minimum absolute atomic E-state index is 0.0384. The van der Waals surface area contributed by atoms with Gasteiger partial charge in [-0.1, -0.05) is 0 Å². The molecule has 0 amide bonds. The maximum Gasteiger partial charge on any atom is 0.317 e. The molecular weight excluding hydrogens is 152 g/mol. The molecule has 0 saturated heterocycles. The molecule has 0 aromatic heterocycles. The first-order valence-corrected chi connectivity index (χ1v) is 2.99. The number of carbonyl (C=O) groups is 3. The van der Waals surface area contributed by atoms with Crippen molar-refractivity contribution in [2.75, 3.05) is 0 Å². The molecule has 11 heavy (non-hydrogen) atoms. The minimum atomic E-state index is -1.46. The van der Waals surface area contributed by atoms with Crippen molar-refractivity contribution in [3.05, 3.63) is 0 Å². The zero-order valence-corrected chi connectivity index (χ0v) is 5.69. The quantitative estimate of drug-likeness (QED) is 0.427. The van der Waals surface area contributed by atoms with Gasteiger partial charge in [-0.25, -0.2) is 0 Å². The molecule has 0 aromatic carbocycles. The minimum Gasteiger partial charge on any atom is -0.481 e. The van der Waals surface area contributed by atoms with Gasteiger partial charge in [0, 0.05) is 6.42 Å². The second kappa shape index (κ2) is 4.43. The Labute approximate surface area is 62.6 Å². The lowest BCUT2D eigenvalue weighted by Gasteiger charge is -2.02. The lowest BCUT2D eigenvalue weighted by molar-refractivity contribution is -0.154. The highest BCUT2D eigenvalue weighted by Crippen LogP contribution is 2.05. The maximum atomic E-state index is 10.2. The van der Waals surface area contributed by atoms with Gasteiger partial charge in [-0.2, -0.15) is 0 Å². The van der Waals surface area contributed by atoms with Crippen LogP contribution in [-0.2, 0) is 14.4 Å². The topological polar surface area (TPSA) is 91.7 Å². The number of hydrogen-bond donors (Lipinski definition) is 2. The van der Waals surface area contributed by atoms with Gasteiger partial charge in [-0.15, -0.1) is 0 Å². The number of aldehydes is 1. The van der Waals surface area contributed by atoms with E-state index in [1.165, 1.54) is 0 Å². The van der Waals surface area contributed by atoms with E-state index in [0.717, 1.165) is 0 Å². The molecule has 0 radical (unpaired) electrons. The van der Waals surface area contributed by atoms with Crippen LogP contribution >= 0.6 is 0 Å². The van der Waals surface area contributed by atoms with E-state index < -0.39 is 17.9 Å². The predicted octanol–water partition coefficient (Wildman–Crippen LogP) is -0.249. The number of carboxylic acids is 2. The second-order valence-corrected chi connectivity index (χ2v) is 1.97. The summed E-state index contributed by atoms with van der Waals surface area (Å²) in [5, 5.41) is 16.5. The third-order valence-electron chi connectivity index (χ3n) is 1.17. The molecule has 0 aliphatic heterocycles. The molecular formula is C6H8O5. The third-order valence-corrected chi connectivity index (χ3v) is 1.17. The van der Waals surface area contributed by atoms with Crippen LogP contribution in [0.25, 0.3) is 0 Å². The summed E-state index contributed by atoms with van der Waals surface area (Å²) in [7, 11) is 0. The molecule has 0 fully saturated rings. The molecule has 0 aliphatic rings. The highest BCUT2D eigenvalue weighted by Gasteiger charge is 2.24. The number of carbonyl (C=O) groups excluding carboxylic acids is 1. The van der Waals surface area contributed by atoms with Gasteiger partial charge in [0.25, 0.3) is 0 Å². The Kier molecular flexibility index (Phi) is 3.87. The Morgan fingerprint density at radius 1 is 1.27 bits per heavy atom. The van der Waals surface area contributed by atoms with Gasteiger partial charge in [0.05, 0.1) is 0 Å². The summed E-state index contributed by atoms with van der Waals surface area (Å²) < 4.78 is 0. The van der Waals surface area contributed by atoms with E-state index in [1.54, 1.807) is 0 Å². The summed E-state index contributed by atoms with van der Waals surface area (Å²) in [6.07, 6.45) is 0.316. The van der Waals surface area contributed by atoms with E-state index >= 15 is 0 Å². The Morgan fingerprint density at radius 2 is 1.73 bits per heavy atom. The molecule has 0 rings (SSSR count). The SMILES string of the molecule is O=CCCC(C(=O)O)C(=O)O. The average Bonchev–Trinajstić information content (AvgIpc) is 1.87. The number of hydrogen-bond acceptors (Lipinski definition) is 3. The molecule has 0 saturated carbocycles. The fraction of sp³-hybridized carbons (Fsp3) is 0.500. The van der Waals surface area contributed by atoms with Gasteiger partial charge in [0.15, 0.2) is 5.92 Å². The lowest BCUT2D eigenvalue weighted by Crippen LogP contribution is -2.23. The molecule has 5 nitrogen and oxygen atoms in total. The van der Waals surface area contributed by atoms with Crippen LogP contribution in [0.1, 0.15) is 12.8 Å². The van der Waals surface area contributed by atoms with Crippen molar-refractivity contribution in [2.24, 2.45) is 5.92 Å². The van der Waals surface area contributed by atoms with Crippen LogP contribution in [0.5, 0.6) is 0 Å². The molecule has 0 aromatic rings. The van der Waals surface area contributed by atoms with Crippen LogP contribution in [0.4, 0.5) is 0 Å². The Morgan fingerprint density at radius 3 is 2.00 bits per heavy atom. The smallest absolute Gasteiger partial charge is 0.317 e. The monoisotopic (exact) mass is 160 g/mol. The van der Waals surface area contributed by atoms with E-state index in [4.69, 9.17) is 10.2 Å². The molecule has 0 bridgehead atoms. The van der Waals surface area contributed by atoms with Crippen molar-refractivity contribution in [1.29, 1.82) is 0 Å². The highest BCUT2D eigenvalue weighted by molar-refractivity contribution is 5.92. The van der Waals surface area contributed by atoms with Crippen LogP contribution in [0.15, 0.2) is 0 Å². The van der Waals surface area contributed by atoms with E-state index in [2.05, 4.69) is 0 Å². The molecule has 0 atom stereocenters. The van der Waals surface area contributed by atoms with Gasteiger partial charge in [0.1, 0.15) is 6.29 Å². The summed E-state index contributed by atoms with van der Waals surface area (Å²) in [6, 6.07) is 0. The van der Waals surface area contributed by atoms with E-state index in [1.807, 2.05) is 0 Å². The Balaban J connectivity index is 4.00. The zero-order chi connectivity index (χ0) is 8.85. The Hall–Kier alpha value is -1.39. The fourth-order valence-corrected chi connectivity index (χ4v) is 0.587. The van der Waals surface area contributed by atoms with Crippen molar-refractivity contribution in [3.8, 4) is 0 Å². The molecule has 2 N–H and O–H groups in total. The zero-order valence-electron chi connectivity index (χ0n) is 5.69. The van der Waals surface area contributed by atoms with Crippen LogP contribution in [-0.4, -0.2) is 28.4 Å². The number of rotatable bonds is 5. The van der Waals surface area contributed by atoms with Crippen LogP contribution in [0.2, 0.25) is 0 Å². The van der Waals surface area contributed by atoms with Gasteiger partial charge in [-0.3, -0.25) is 9.59 Å². The maximum absolute atomic E-state index is 10.2.